The third kappa shape index (κ3) is 2.47. The molecule has 2 rings (SSSR count). The number of amides is 1. The van der Waals surface area contributed by atoms with Gasteiger partial charge in [0.05, 0.1) is 11.1 Å². The average molecular weight is 250 g/mol. The Balaban J connectivity index is 2.09. The second kappa shape index (κ2) is 4.58. The molecule has 0 spiro atoms. The number of aromatic nitrogens is 2. The van der Waals surface area contributed by atoms with Crippen molar-refractivity contribution in [1.29, 1.82) is 0 Å². The number of nitrogens with two attached hydrogens (primary N) is 1. The van der Waals surface area contributed by atoms with E-state index >= 15 is 0 Å². The highest BCUT2D eigenvalue weighted by Gasteiger charge is 2.15. The number of rotatable bonds is 3. The summed E-state index contributed by atoms with van der Waals surface area (Å²) in [6.07, 6.45) is 3.48. The van der Waals surface area contributed by atoms with Crippen molar-refractivity contribution in [2.45, 2.75) is 13.5 Å². The Kier molecular flexibility index (Phi) is 3.14. The maximum atomic E-state index is 12.1. The zero-order valence-corrected chi connectivity index (χ0v) is 10.5. The Morgan fingerprint density at radius 1 is 1.65 bits per heavy atom. The van der Waals surface area contributed by atoms with E-state index < -0.39 is 0 Å². The standard InChI is InChI=1S/C11H14N4OS/c1-7-9(12)3-10(17-7)11(16)15(2)6-8-4-13-14-5-8/h3-5H,6,12H2,1-2H3,(H,13,14). The van der Waals surface area contributed by atoms with Gasteiger partial charge in [-0.15, -0.1) is 11.3 Å². The number of nitrogens with one attached hydrogen (secondary N) is 1. The van der Waals surface area contributed by atoms with Crippen molar-refractivity contribution in [3.63, 3.8) is 0 Å². The van der Waals surface area contributed by atoms with Gasteiger partial charge in [-0.05, 0) is 13.0 Å². The lowest BCUT2D eigenvalue weighted by atomic mass is 10.3. The molecule has 0 radical (unpaired) electrons. The van der Waals surface area contributed by atoms with Crippen molar-refractivity contribution >= 4 is 22.9 Å². The Labute approximate surface area is 103 Å². The number of thiophene rings is 1. The van der Waals surface area contributed by atoms with Crippen molar-refractivity contribution in [2.75, 3.05) is 12.8 Å². The number of nitrogens with zero attached hydrogens (tertiary/aromatic N) is 2. The minimum Gasteiger partial charge on any atom is -0.398 e. The van der Waals surface area contributed by atoms with E-state index in [0.29, 0.717) is 17.1 Å². The molecule has 0 aromatic carbocycles. The normalized spacial score (nSPS) is 10.5. The Hall–Kier alpha value is -1.82. The van der Waals surface area contributed by atoms with Crippen LogP contribution in [0.15, 0.2) is 18.5 Å². The molecule has 5 nitrogen and oxygen atoms in total. The number of H-pyrrole nitrogens is 1. The van der Waals surface area contributed by atoms with Crippen molar-refractivity contribution in [3.05, 3.63) is 33.8 Å². The highest BCUT2D eigenvalue weighted by atomic mass is 32.1. The van der Waals surface area contributed by atoms with E-state index in [2.05, 4.69) is 10.2 Å². The van der Waals surface area contributed by atoms with Crippen LogP contribution in [0.3, 0.4) is 0 Å². The molecule has 0 aliphatic carbocycles. The van der Waals surface area contributed by atoms with Crippen molar-refractivity contribution in [3.8, 4) is 0 Å². The number of hydrogen-bond donors (Lipinski definition) is 2. The van der Waals surface area contributed by atoms with Crippen molar-refractivity contribution in [2.24, 2.45) is 0 Å². The summed E-state index contributed by atoms with van der Waals surface area (Å²) in [6, 6.07) is 1.73. The van der Waals surface area contributed by atoms with Crippen LogP contribution in [0.2, 0.25) is 0 Å². The average Bonchev–Trinajstić information content (AvgIpc) is 2.89. The topological polar surface area (TPSA) is 75.0 Å². The number of aromatic amines is 1. The smallest absolute Gasteiger partial charge is 0.264 e. The van der Waals surface area contributed by atoms with Crippen LogP contribution in [0.25, 0.3) is 0 Å². The molecule has 17 heavy (non-hydrogen) atoms. The molecule has 2 aromatic heterocycles. The zero-order valence-electron chi connectivity index (χ0n) is 9.73. The van der Waals surface area contributed by atoms with Gasteiger partial charge in [-0.25, -0.2) is 0 Å². The molecular weight excluding hydrogens is 236 g/mol. The largest absolute Gasteiger partial charge is 0.398 e. The molecular formula is C11H14N4OS. The van der Waals surface area contributed by atoms with Crippen LogP contribution in [0.4, 0.5) is 5.69 Å². The summed E-state index contributed by atoms with van der Waals surface area (Å²) < 4.78 is 0. The maximum Gasteiger partial charge on any atom is 0.264 e. The van der Waals surface area contributed by atoms with Crippen molar-refractivity contribution < 1.29 is 4.79 Å². The summed E-state index contributed by atoms with van der Waals surface area (Å²) in [6.45, 7) is 2.44. The molecule has 90 valence electrons. The van der Waals surface area contributed by atoms with Gasteiger partial charge in [0.2, 0.25) is 0 Å². The Bertz CT molecular complexity index is 498. The highest BCUT2D eigenvalue weighted by molar-refractivity contribution is 7.14. The molecule has 0 aliphatic heterocycles. The number of carbonyl (C=O) groups excluding carboxylic acids is 1. The molecule has 1 amide bonds. The van der Waals surface area contributed by atoms with Crippen LogP contribution in [0.1, 0.15) is 20.1 Å². The highest BCUT2D eigenvalue weighted by Crippen LogP contribution is 2.24. The number of hydrogen-bond acceptors (Lipinski definition) is 4. The quantitative estimate of drug-likeness (QED) is 0.869. The van der Waals surface area contributed by atoms with Gasteiger partial charge in [-0.3, -0.25) is 9.89 Å². The van der Waals surface area contributed by atoms with E-state index in [9.17, 15) is 4.79 Å². The molecule has 0 atom stereocenters. The Morgan fingerprint density at radius 2 is 2.41 bits per heavy atom. The fraction of sp³-hybridized carbons (Fsp3) is 0.273. The molecule has 0 fully saturated rings. The third-order valence-electron chi connectivity index (χ3n) is 2.49. The van der Waals surface area contributed by atoms with E-state index in [1.807, 2.05) is 6.92 Å². The predicted molar refractivity (Wildman–Crippen MR) is 67.9 cm³/mol. The minimum atomic E-state index is -0.0176. The minimum absolute atomic E-state index is 0.0176. The molecule has 0 unspecified atom stereocenters. The van der Waals surface area contributed by atoms with Gasteiger partial charge in [0.15, 0.2) is 0 Å². The number of nitrogen functional groups attached to an aromatic ring is 1. The van der Waals surface area contributed by atoms with Crippen LogP contribution < -0.4 is 5.73 Å². The molecule has 0 saturated carbocycles. The monoisotopic (exact) mass is 250 g/mol. The van der Waals surface area contributed by atoms with E-state index in [4.69, 9.17) is 5.73 Å². The number of carbonyl (C=O) groups is 1. The number of anilines is 1. The molecule has 0 bridgehead atoms. The van der Waals surface area contributed by atoms with Gasteiger partial charge in [-0.1, -0.05) is 0 Å². The first-order valence-corrected chi connectivity index (χ1v) is 5.98. The predicted octanol–water partition coefficient (Wildman–Crippen LogP) is 1.63. The molecule has 0 aliphatic rings. The third-order valence-corrected chi connectivity index (χ3v) is 3.54. The van der Waals surface area contributed by atoms with Gasteiger partial charge in [0.1, 0.15) is 0 Å². The van der Waals surface area contributed by atoms with E-state index in [1.165, 1.54) is 11.3 Å². The van der Waals surface area contributed by atoms with Gasteiger partial charge < -0.3 is 10.6 Å². The number of aryl methyl sites for hydroxylation is 1. The summed E-state index contributed by atoms with van der Waals surface area (Å²) in [5.74, 6) is -0.0176. The zero-order chi connectivity index (χ0) is 12.4. The molecule has 3 N–H and O–H groups in total. The summed E-state index contributed by atoms with van der Waals surface area (Å²) in [5, 5.41) is 6.57. The lowest BCUT2D eigenvalue weighted by Gasteiger charge is -2.14. The summed E-state index contributed by atoms with van der Waals surface area (Å²) in [5.41, 5.74) is 7.39. The molecule has 2 heterocycles. The van der Waals surface area contributed by atoms with E-state index in [-0.39, 0.29) is 5.91 Å². The Morgan fingerprint density at radius 3 is 2.94 bits per heavy atom. The molecule has 0 saturated heterocycles. The van der Waals surface area contributed by atoms with Crippen LogP contribution in [-0.2, 0) is 6.54 Å². The second-order valence-corrected chi connectivity index (χ2v) is 5.15. The van der Waals surface area contributed by atoms with E-state index in [1.54, 1.807) is 30.4 Å². The van der Waals surface area contributed by atoms with E-state index in [0.717, 1.165) is 10.4 Å². The maximum absolute atomic E-state index is 12.1. The lowest BCUT2D eigenvalue weighted by molar-refractivity contribution is 0.0790. The van der Waals surface area contributed by atoms with Gasteiger partial charge >= 0.3 is 0 Å². The SMILES string of the molecule is Cc1sc(C(=O)N(C)Cc2cn[nH]c2)cc1N. The van der Waals surface area contributed by atoms with Crippen LogP contribution in [0, 0.1) is 6.92 Å². The van der Waals surface area contributed by atoms with Gasteiger partial charge in [-0.2, -0.15) is 5.10 Å². The molecule has 6 heteroatoms. The fourth-order valence-corrected chi connectivity index (χ4v) is 2.44. The first-order valence-electron chi connectivity index (χ1n) is 5.17. The molecule has 2 aromatic rings. The summed E-state index contributed by atoms with van der Waals surface area (Å²) in [4.78, 5) is 15.4. The summed E-state index contributed by atoms with van der Waals surface area (Å²) in [7, 11) is 1.76. The lowest BCUT2D eigenvalue weighted by Crippen LogP contribution is -2.25. The summed E-state index contributed by atoms with van der Waals surface area (Å²) >= 11 is 1.42. The first-order chi connectivity index (χ1) is 8.08. The van der Waals surface area contributed by atoms with Crippen LogP contribution >= 0.6 is 11.3 Å². The van der Waals surface area contributed by atoms with Gasteiger partial charge in [0.25, 0.3) is 5.91 Å². The van der Waals surface area contributed by atoms with Crippen LogP contribution in [-0.4, -0.2) is 28.1 Å². The van der Waals surface area contributed by atoms with Crippen LogP contribution in [0.5, 0.6) is 0 Å². The second-order valence-electron chi connectivity index (χ2n) is 3.89. The van der Waals surface area contributed by atoms with Gasteiger partial charge in [0, 0.05) is 35.9 Å². The fourth-order valence-electron chi connectivity index (χ4n) is 1.50. The van der Waals surface area contributed by atoms with Crippen molar-refractivity contribution in [1.82, 2.24) is 15.1 Å². The first kappa shape index (κ1) is 11.7.